The fourth-order valence-corrected chi connectivity index (χ4v) is 3.74. The lowest BCUT2D eigenvalue weighted by atomic mass is 9.92. The van der Waals surface area contributed by atoms with Crippen LogP contribution in [0.4, 0.5) is 5.69 Å². The predicted molar refractivity (Wildman–Crippen MR) is 101 cm³/mol. The van der Waals surface area contributed by atoms with Crippen molar-refractivity contribution in [1.82, 2.24) is 5.32 Å². The molecule has 3 rings (SSSR count). The molecule has 1 heterocycles. The molecule has 2 aliphatic rings. The first-order valence-corrected chi connectivity index (χ1v) is 9.68. The highest BCUT2D eigenvalue weighted by molar-refractivity contribution is 5.97. The van der Waals surface area contributed by atoms with Crippen molar-refractivity contribution in [2.24, 2.45) is 11.7 Å². The lowest BCUT2D eigenvalue weighted by molar-refractivity contribution is -0.119. The monoisotopic (exact) mass is 359 g/mol. The SMILES string of the molecule is NC(C(=O)Nc1ccc(C(=O)NC2CCCCC2)cc1)C1CCOCC1. The van der Waals surface area contributed by atoms with Gasteiger partial charge in [0.1, 0.15) is 0 Å². The maximum Gasteiger partial charge on any atom is 0.251 e. The zero-order valence-corrected chi connectivity index (χ0v) is 15.2. The third-order valence-corrected chi connectivity index (χ3v) is 5.43. The second-order valence-corrected chi connectivity index (χ2v) is 7.35. The number of carbonyl (C=O) groups is 2. The number of nitrogens with two attached hydrogens (primary N) is 1. The van der Waals surface area contributed by atoms with Gasteiger partial charge in [0.25, 0.3) is 5.91 Å². The van der Waals surface area contributed by atoms with Crippen LogP contribution >= 0.6 is 0 Å². The van der Waals surface area contributed by atoms with Gasteiger partial charge in [-0.15, -0.1) is 0 Å². The summed E-state index contributed by atoms with van der Waals surface area (Å²) in [5.74, 6) is -0.0747. The standard InChI is InChI=1S/C20H29N3O3/c21-18(14-10-12-26-13-11-14)20(25)23-17-8-6-15(7-9-17)19(24)22-16-4-2-1-3-5-16/h6-9,14,16,18H,1-5,10-13,21H2,(H,22,24)(H,23,25). The Balaban J connectivity index is 1.51. The van der Waals surface area contributed by atoms with Crippen molar-refractivity contribution in [2.45, 2.75) is 57.0 Å². The Kier molecular flexibility index (Phi) is 6.63. The highest BCUT2D eigenvalue weighted by Gasteiger charge is 2.26. The van der Waals surface area contributed by atoms with Crippen LogP contribution in [0, 0.1) is 5.92 Å². The summed E-state index contributed by atoms with van der Waals surface area (Å²) in [6.07, 6.45) is 7.38. The molecule has 1 aliphatic carbocycles. The van der Waals surface area contributed by atoms with Crippen LogP contribution in [-0.4, -0.2) is 37.1 Å². The number of nitrogens with one attached hydrogen (secondary N) is 2. The molecule has 26 heavy (non-hydrogen) atoms. The molecule has 142 valence electrons. The van der Waals surface area contributed by atoms with Crippen LogP contribution < -0.4 is 16.4 Å². The molecule has 1 saturated carbocycles. The Morgan fingerprint density at radius 2 is 1.65 bits per heavy atom. The van der Waals surface area contributed by atoms with Gasteiger partial charge in [-0.05, 0) is 55.9 Å². The summed E-state index contributed by atoms with van der Waals surface area (Å²) in [4.78, 5) is 24.7. The topological polar surface area (TPSA) is 93.5 Å². The quantitative estimate of drug-likeness (QED) is 0.753. The molecular weight excluding hydrogens is 330 g/mol. The van der Waals surface area contributed by atoms with Crippen LogP contribution in [0.3, 0.4) is 0 Å². The van der Waals surface area contributed by atoms with Gasteiger partial charge in [0, 0.05) is 30.5 Å². The van der Waals surface area contributed by atoms with E-state index in [1.165, 1.54) is 19.3 Å². The van der Waals surface area contributed by atoms with E-state index in [2.05, 4.69) is 10.6 Å². The lowest BCUT2D eigenvalue weighted by Gasteiger charge is -2.26. The molecule has 0 spiro atoms. The minimum absolute atomic E-state index is 0.0475. The summed E-state index contributed by atoms with van der Waals surface area (Å²) in [7, 11) is 0. The van der Waals surface area contributed by atoms with E-state index in [4.69, 9.17) is 10.5 Å². The summed E-state index contributed by atoms with van der Waals surface area (Å²) < 4.78 is 5.31. The first-order valence-electron chi connectivity index (χ1n) is 9.68. The number of ether oxygens (including phenoxy) is 1. The highest BCUT2D eigenvalue weighted by Crippen LogP contribution is 2.20. The minimum atomic E-state index is -0.534. The van der Waals surface area contributed by atoms with E-state index < -0.39 is 6.04 Å². The molecule has 6 heteroatoms. The van der Waals surface area contributed by atoms with Crippen molar-refractivity contribution in [2.75, 3.05) is 18.5 Å². The molecule has 1 atom stereocenters. The van der Waals surface area contributed by atoms with Crippen molar-refractivity contribution in [3.8, 4) is 0 Å². The van der Waals surface area contributed by atoms with Crippen LogP contribution in [0.2, 0.25) is 0 Å². The Labute approximate surface area is 154 Å². The van der Waals surface area contributed by atoms with Crippen molar-refractivity contribution < 1.29 is 14.3 Å². The van der Waals surface area contributed by atoms with E-state index in [0.29, 0.717) is 24.5 Å². The fourth-order valence-electron chi connectivity index (χ4n) is 3.74. The normalized spacial score (nSPS) is 20.3. The zero-order valence-electron chi connectivity index (χ0n) is 15.2. The van der Waals surface area contributed by atoms with E-state index in [1.807, 2.05) is 0 Å². The third kappa shape index (κ3) is 5.05. The van der Waals surface area contributed by atoms with Gasteiger partial charge in [-0.1, -0.05) is 19.3 Å². The summed E-state index contributed by atoms with van der Waals surface area (Å²) in [6.45, 7) is 1.33. The van der Waals surface area contributed by atoms with Gasteiger partial charge in [0.05, 0.1) is 6.04 Å². The van der Waals surface area contributed by atoms with Gasteiger partial charge in [-0.25, -0.2) is 0 Å². The van der Waals surface area contributed by atoms with E-state index >= 15 is 0 Å². The van der Waals surface area contributed by atoms with Crippen molar-refractivity contribution >= 4 is 17.5 Å². The molecule has 4 N–H and O–H groups in total. The molecule has 6 nitrogen and oxygen atoms in total. The fraction of sp³-hybridized carbons (Fsp3) is 0.600. The number of hydrogen-bond donors (Lipinski definition) is 3. The number of benzene rings is 1. The number of carbonyl (C=O) groups excluding carboxylic acids is 2. The van der Waals surface area contributed by atoms with Gasteiger partial charge >= 0.3 is 0 Å². The smallest absolute Gasteiger partial charge is 0.251 e. The molecule has 0 aromatic heterocycles. The van der Waals surface area contributed by atoms with Gasteiger partial charge in [-0.3, -0.25) is 9.59 Å². The molecule has 2 amide bonds. The lowest BCUT2D eigenvalue weighted by Crippen LogP contribution is -2.44. The molecule has 1 unspecified atom stereocenters. The average molecular weight is 359 g/mol. The Hall–Kier alpha value is -1.92. The summed E-state index contributed by atoms with van der Waals surface area (Å²) in [5, 5.41) is 5.95. The van der Waals surface area contributed by atoms with Crippen LogP contribution in [0.25, 0.3) is 0 Å². The summed E-state index contributed by atoms with van der Waals surface area (Å²) >= 11 is 0. The molecule has 1 aromatic rings. The van der Waals surface area contributed by atoms with E-state index in [0.717, 1.165) is 25.7 Å². The number of hydrogen-bond acceptors (Lipinski definition) is 4. The molecule has 1 aromatic carbocycles. The molecular formula is C20H29N3O3. The summed E-state index contributed by atoms with van der Waals surface area (Å²) in [5.41, 5.74) is 7.36. The second kappa shape index (κ2) is 9.14. The molecule has 0 bridgehead atoms. The average Bonchev–Trinajstić information content (AvgIpc) is 2.69. The minimum Gasteiger partial charge on any atom is -0.381 e. The van der Waals surface area contributed by atoms with Crippen LogP contribution in [-0.2, 0) is 9.53 Å². The van der Waals surface area contributed by atoms with Gasteiger partial charge in [0.15, 0.2) is 0 Å². The third-order valence-electron chi connectivity index (χ3n) is 5.43. The second-order valence-electron chi connectivity index (χ2n) is 7.35. The van der Waals surface area contributed by atoms with E-state index in [1.54, 1.807) is 24.3 Å². The first-order chi connectivity index (χ1) is 12.6. The first kappa shape index (κ1) is 18.9. The van der Waals surface area contributed by atoms with E-state index in [9.17, 15) is 9.59 Å². The molecule has 0 radical (unpaired) electrons. The Morgan fingerprint density at radius 1 is 1.00 bits per heavy atom. The Bertz CT molecular complexity index is 605. The molecule has 1 aliphatic heterocycles. The van der Waals surface area contributed by atoms with Crippen molar-refractivity contribution in [3.63, 3.8) is 0 Å². The zero-order chi connectivity index (χ0) is 18.4. The molecule has 1 saturated heterocycles. The van der Waals surface area contributed by atoms with E-state index in [-0.39, 0.29) is 23.8 Å². The Morgan fingerprint density at radius 3 is 2.31 bits per heavy atom. The van der Waals surface area contributed by atoms with Gasteiger partial charge in [0.2, 0.25) is 5.91 Å². The van der Waals surface area contributed by atoms with Crippen LogP contribution in [0.1, 0.15) is 55.3 Å². The van der Waals surface area contributed by atoms with Crippen LogP contribution in [0.15, 0.2) is 24.3 Å². The predicted octanol–water partition coefficient (Wildman–Crippen LogP) is 2.44. The van der Waals surface area contributed by atoms with Crippen molar-refractivity contribution in [3.05, 3.63) is 29.8 Å². The van der Waals surface area contributed by atoms with Gasteiger partial charge in [-0.2, -0.15) is 0 Å². The highest BCUT2D eigenvalue weighted by atomic mass is 16.5. The summed E-state index contributed by atoms with van der Waals surface area (Å²) in [6, 6.07) is 6.75. The molecule has 2 fully saturated rings. The number of amides is 2. The maximum atomic E-state index is 12.3. The van der Waals surface area contributed by atoms with Gasteiger partial charge < -0.3 is 21.1 Å². The van der Waals surface area contributed by atoms with Crippen LogP contribution in [0.5, 0.6) is 0 Å². The number of rotatable bonds is 5. The largest absolute Gasteiger partial charge is 0.381 e. The van der Waals surface area contributed by atoms with Crippen molar-refractivity contribution in [1.29, 1.82) is 0 Å². The maximum absolute atomic E-state index is 12.3. The number of anilines is 1.